The fraction of sp³-hybridized carbons (Fsp3) is 0.500. The minimum Gasteiger partial charge on any atom is -0.476 e. The van der Waals surface area contributed by atoms with Gasteiger partial charge in [0.15, 0.2) is 10.0 Å². The summed E-state index contributed by atoms with van der Waals surface area (Å²) in [7, 11) is 0. The first-order valence-corrected chi connectivity index (χ1v) is 13.8. The number of thiazole rings is 1. The Kier molecular flexibility index (Phi) is 6.99. The average Bonchev–Trinajstić information content (AvgIpc) is 3.56. The summed E-state index contributed by atoms with van der Waals surface area (Å²) in [6.07, 6.45) is 2.94. The number of hydrogen-bond acceptors (Lipinski definition) is 8. The molecule has 2 aromatic rings. The lowest BCUT2D eigenvalue weighted by Gasteiger charge is -2.44. The monoisotopic (exact) mass is 515 g/mol. The van der Waals surface area contributed by atoms with Gasteiger partial charge in [0.25, 0.3) is 0 Å². The molecule has 4 heterocycles. The Morgan fingerprint density at radius 3 is 2.71 bits per heavy atom. The Morgan fingerprint density at radius 2 is 2.00 bits per heavy atom. The molecule has 0 saturated carbocycles. The van der Waals surface area contributed by atoms with Crippen LogP contribution < -0.4 is 10.2 Å². The van der Waals surface area contributed by atoms with Crippen LogP contribution in [0.15, 0.2) is 40.1 Å². The van der Waals surface area contributed by atoms with Crippen molar-refractivity contribution >= 4 is 46.6 Å². The molecular weight excluding hydrogens is 486 g/mol. The lowest BCUT2D eigenvalue weighted by atomic mass is 9.85. The fourth-order valence-corrected chi connectivity index (χ4v) is 7.19. The summed E-state index contributed by atoms with van der Waals surface area (Å²) < 4.78 is 0.713. The van der Waals surface area contributed by atoms with Crippen molar-refractivity contribution in [3.63, 3.8) is 0 Å². The summed E-state index contributed by atoms with van der Waals surface area (Å²) in [5.74, 6) is -0.0404. The number of likely N-dealkylation sites (tertiary alicyclic amines) is 2. The molecule has 2 N–H and O–H groups in total. The second-order valence-corrected chi connectivity index (χ2v) is 11.4. The third-order valence-corrected chi connectivity index (χ3v) is 9.27. The molecule has 35 heavy (non-hydrogen) atoms. The minimum absolute atomic E-state index is 0.0669. The third kappa shape index (κ3) is 4.89. The molecule has 1 spiro atoms. The number of aromatic nitrogens is 1. The number of carbonyl (C=O) groups is 3. The maximum absolute atomic E-state index is 12.9. The zero-order valence-corrected chi connectivity index (χ0v) is 21.0. The molecule has 0 radical (unpaired) electrons. The SMILES string of the molecule is O=C(O)c1csc(SCCN2C(=O)CC[C@@H]2CN2CCC3(CC2)C(=O)NCN3c2ccccc2)n1. The van der Waals surface area contributed by atoms with Gasteiger partial charge in [0.1, 0.15) is 5.54 Å². The first kappa shape index (κ1) is 24.1. The van der Waals surface area contributed by atoms with E-state index in [1.165, 1.54) is 23.1 Å². The number of hydrogen-bond donors (Lipinski definition) is 2. The molecule has 3 saturated heterocycles. The zero-order valence-electron chi connectivity index (χ0n) is 19.4. The Bertz CT molecular complexity index is 1090. The molecule has 3 aliphatic heterocycles. The molecule has 3 aliphatic rings. The number of carboxylic acid groups (broad SMARTS) is 1. The number of carbonyl (C=O) groups excluding carboxylic acids is 2. The van der Waals surface area contributed by atoms with Gasteiger partial charge in [-0.05, 0) is 31.4 Å². The van der Waals surface area contributed by atoms with Gasteiger partial charge >= 0.3 is 5.97 Å². The maximum Gasteiger partial charge on any atom is 0.355 e. The first-order valence-electron chi connectivity index (χ1n) is 11.9. The van der Waals surface area contributed by atoms with Crippen molar-refractivity contribution in [3.8, 4) is 0 Å². The van der Waals surface area contributed by atoms with Crippen molar-refractivity contribution in [2.24, 2.45) is 0 Å². The average molecular weight is 516 g/mol. The number of nitrogens with zero attached hydrogens (tertiary/aromatic N) is 4. The molecule has 1 aromatic carbocycles. The molecule has 9 nitrogen and oxygen atoms in total. The van der Waals surface area contributed by atoms with Crippen molar-refractivity contribution in [3.05, 3.63) is 41.4 Å². The second kappa shape index (κ2) is 10.2. The Balaban J connectivity index is 1.15. The van der Waals surface area contributed by atoms with Gasteiger partial charge in [-0.15, -0.1) is 11.3 Å². The summed E-state index contributed by atoms with van der Waals surface area (Å²) in [6, 6.07) is 10.3. The highest BCUT2D eigenvalue weighted by atomic mass is 32.2. The topological polar surface area (TPSA) is 106 Å². The van der Waals surface area contributed by atoms with E-state index in [1.807, 2.05) is 23.1 Å². The van der Waals surface area contributed by atoms with Gasteiger partial charge < -0.3 is 25.1 Å². The molecule has 2 amide bonds. The molecule has 0 unspecified atom stereocenters. The zero-order chi connectivity index (χ0) is 24.4. The fourth-order valence-electron chi connectivity index (χ4n) is 5.38. The number of rotatable bonds is 8. The summed E-state index contributed by atoms with van der Waals surface area (Å²) in [6.45, 7) is 3.62. The van der Waals surface area contributed by atoms with E-state index in [-0.39, 0.29) is 23.6 Å². The second-order valence-electron chi connectivity index (χ2n) is 9.19. The third-order valence-electron chi connectivity index (χ3n) is 7.27. The molecule has 5 rings (SSSR count). The van der Waals surface area contributed by atoms with E-state index < -0.39 is 11.5 Å². The van der Waals surface area contributed by atoms with E-state index in [0.29, 0.717) is 29.7 Å². The smallest absolute Gasteiger partial charge is 0.355 e. The van der Waals surface area contributed by atoms with Crippen LogP contribution in [0, 0.1) is 0 Å². The highest BCUT2D eigenvalue weighted by molar-refractivity contribution is 8.01. The molecule has 11 heteroatoms. The van der Waals surface area contributed by atoms with E-state index >= 15 is 0 Å². The van der Waals surface area contributed by atoms with Crippen LogP contribution in [-0.2, 0) is 9.59 Å². The Morgan fingerprint density at radius 1 is 1.23 bits per heavy atom. The number of para-hydroxylation sites is 1. The largest absolute Gasteiger partial charge is 0.476 e. The van der Waals surface area contributed by atoms with Gasteiger partial charge in [-0.3, -0.25) is 9.59 Å². The van der Waals surface area contributed by atoms with Crippen LogP contribution in [0.2, 0.25) is 0 Å². The van der Waals surface area contributed by atoms with Crippen molar-refractivity contribution < 1.29 is 19.5 Å². The molecule has 1 aromatic heterocycles. The van der Waals surface area contributed by atoms with Crippen molar-refractivity contribution in [2.45, 2.75) is 41.6 Å². The number of nitrogens with one attached hydrogen (secondary N) is 1. The lowest BCUT2D eigenvalue weighted by Crippen LogP contribution is -2.57. The summed E-state index contributed by atoms with van der Waals surface area (Å²) in [5, 5.41) is 13.6. The molecule has 1 atom stereocenters. The number of anilines is 1. The number of aromatic carboxylic acids is 1. The predicted molar refractivity (Wildman–Crippen MR) is 135 cm³/mol. The number of amides is 2. The van der Waals surface area contributed by atoms with Gasteiger partial charge in [0.05, 0.1) is 6.67 Å². The minimum atomic E-state index is -1.02. The van der Waals surface area contributed by atoms with Crippen molar-refractivity contribution in [1.82, 2.24) is 20.1 Å². The van der Waals surface area contributed by atoms with Crippen molar-refractivity contribution in [1.29, 1.82) is 0 Å². The van der Waals surface area contributed by atoms with Crippen LogP contribution in [-0.4, -0.2) is 87.9 Å². The van der Waals surface area contributed by atoms with Crippen LogP contribution in [0.1, 0.15) is 36.2 Å². The molecular formula is C24H29N5O4S2. The highest BCUT2D eigenvalue weighted by Gasteiger charge is 2.50. The normalized spacial score (nSPS) is 22.2. The van der Waals surface area contributed by atoms with Gasteiger partial charge in [0, 0.05) is 55.5 Å². The van der Waals surface area contributed by atoms with Crippen LogP contribution in [0.3, 0.4) is 0 Å². The number of carboxylic acids is 1. The van der Waals surface area contributed by atoms with Gasteiger partial charge in [-0.1, -0.05) is 30.0 Å². The van der Waals surface area contributed by atoms with Crippen LogP contribution in [0.4, 0.5) is 5.69 Å². The van der Waals surface area contributed by atoms with Gasteiger partial charge in [-0.25, -0.2) is 9.78 Å². The number of benzene rings is 1. The quantitative estimate of drug-likeness (QED) is 0.516. The van der Waals surface area contributed by atoms with E-state index in [2.05, 4.69) is 32.2 Å². The summed E-state index contributed by atoms with van der Waals surface area (Å²) in [4.78, 5) is 47.2. The van der Waals surface area contributed by atoms with Crippen molar-refractivity contribution in [2.75, 3.05) is 43.5 Å². The lowest BCUT2D eigenvalue weighted by molar-refractivity contribution is -0.128. The Hall–Kier alpha value is -2.63. The van der Waals surface area contributed by atoms with Crippen LogP contribution >= 0.6 is 23.1 Å². The van der Waals surface area contributed by atoms with Crippen LogP contribution in [0.25, 0.3) is 0 Å². The predicted octanol–water partition coefficient (Wildman–Crippen LogP) is 2.35. The summed E-state index contributed by atoms with van der Waals surface area (Å²) >= 11 is 2.81. The van der Waals surface area contributed by atoms with Crippen LogP contribution in [0.5, 0.6) is 0 Å². The van der Waals surface area contributed by atoms with Gasteiger partial charge in [-0.2, -0.15) is 0 Å². The van der Waals surface area contributed by atoms with Gasteiger partial charge in [0.2, 0.25) is 11.8 Å². The van der Waals surface area contributed by atoms with E-state index in [1.54, 1.807) is 5.38 Å². The maximum atomic E-state index is 12.9. The molecule has 0 bridgehead atoms. The standard InChI is InChI=1S/C24H29N5O4S2/c30-20-7-6-18(28(20)12-13-34-23-26-19(15-35-23)21(31)32)14-27-10-8-24(9-11-27)22(33)25-16-29(24)17-4-2-1-3-5-17/h1-5,15,18H,6-14,16H2,(H,25,33)(H,31,32)/t18-/m1/s1. The van der Waals surface area contributed by atoms with E-state index in [9.17, 15) is 14.4 Å². The summed E-state index contributed by atoms with van der Waals surface area (Å²) in [5.41, 5.74) is 0.639. The molecule has 3 fully saturated rings. The molecule has 0 aliphatic carbocycles. The molecule has 186 valence electrons. The number of piperidine rings is 1. The number of thioether (sulfide) groups is 1. The Labute approximate surface area is 212 Å². The highest BCUT2D eigenvalue weighted by Crippen LogP contribution is 2.36. The first-order chi connectivity index (χ1) is 17.0. The van der Waals surface area contributed by atoms with E-state index in [0.717, 1.165) is 44.6 Å². The van der Waals surface area contributed by atoms with E-state index in [4.69, 9.17) is 5.11 Å².